The third kappa shape index (κ3) is 5.01. The van der Waals surface area contributed by atoms with Crippen LogP contribution in [0.2, 0.25) is 5.02 Å². The van der Waals surface area contributed by atoms with Gasteiger partial charge >= 0.3 is 0 Å². The van der Waals surface area contributed by atoms with Crippen LogP contribution in [0, 0.1) is 6.92 Å². The summed E-state index contributed by atoms with van der Waals surface area (Å²) in [4.78, 5) is 0.0111. The van der Waals surface area contributed by atoms with Gasteiger partial charge in [-0.25, -0.2) is 13.1 Å². The van der Waals surface area contributed by atoms with Crippen molar-refractivity contribution in [2.45, 2.75) is 11.8 Å². The molecule has 2 aromatic rings. The van der Waals surface area contributed by atoms with Crippen molar-refractivity contribution in [3.8, 4) is 17.2 Å². The number of aryl methyl sites for hydroxylation is 1. The van der Waals surface area contributed by atoms with Crippen LogP contribution in [0.25, 0.3) is 0 Å². The first-order valence-electron chi connectivity index (χ1n) is 7.48. The van der Waals surface area contributed by atoms with Crippen LogP contribution in [0.3, 0.4) is 0 Å². The van der Waals surface area contributed by atoms with Gasteiger partial charge < -0.3 is 14.2 Å². The average molecular weight is 386 g/mol. The van der Waals surface area contributed by atoms with E-state index in [9.17, 15) is 8.42 Å². The summed E-state index contributed by atoms with van der Waals surface area (Å²) in [5.41, 5.74) is 0.879. The van der Waals surface area contributed by atoms with E-state index in [1.807, 2.05) is 6.92 Å². The fourth-order valence-corrected chi connectivity index (χ4v) is 3.61. The number of benzene rings is 2. The molecule has 0 atom stereocenters. The van der Waals surface area contributed by atoms with Crippen molar-refractivity contribution in [1.82, 2.24) is 4.72 Å². The molecule has 136 valence electrons. The van der Waals surface area contributed by atoms with Crippen molar-refractivity contribution < 1.29 is 22.6 Å². The number of sulfonamides is 1. The topological polar surface area (TPSA) is 73.9 Å². The molecule has 0 aromatic heterocycles. The SMILES string of the molecule is COc1ccc(OC)c(S(=O)(=O)NCCOc2ccc(Cl)cc2C)c1. The van der Waals surface area contributed by atoms with Gasteiger partial charge in [0.2, 0.25) is 10.0 Å². The molecular formula is C17H20ClNO5S. The van der Waals surface area contributed by atoms with Crippen LogP contribution >= 0.6 is 11.6 Å². The molecule has 25 heavy (non-hydrogen) atoms. The predicted molar refractivity (Wildman–Crippen MR) is 96.4 cm³/mol. The van der Waals surface area contributed by atoms with Crippen molar-refractivity contribution in [2.75, 3.05) is 27.4 Å². The Balaban J connectivity index is 2.02. The van der Waals surface area contributed by atoms with Gasteiger partial charge in [-0.15, -0.1) is 0 Å². The molecule has 0 aliphatic heterocycles. The summed E-state index contributed by atoms with van der Waals surface area (Å²) in [6, 6.07) is 9.82. The van der Waals surface area contributed by atoms with E-state index in [2.05, 4.69) is 4.72 Å². The molecule has 0 spiro atoms. The zero-order valence-corrected chi connectivity index (χ0v) is 15.8. The van der Waals surface area contributed by atoms with Crippen molar-refractivity contribution in [3.05, 3.63) is 47.0 Å². The van der Waals surface area contributed by atoms with Gasteiger partial charge in [-0.2, -0.15) is 0 Å². The zero-order valence-electron chi connectivity index (χ0n) is 14.2. The Morgan fingerprint density at radius 2 is 1.76 bits per heavy atom. The van der Waals surface area contributed by atoms with E-state index in [4.69, 9.17) is 25.8 Å². The number of halogens is 1. The minimum Gasteiger partial charge on any atom is -0.497 e. The molecule has 8 heteroatoms. The highest BCUT2D eigenvalue weighted by Crippen LogP contribution is 2.28. The van der Waals surface area contributed by atoms with Crippen LogP contribution in [-0.2, 0) is 10.0 Å². The molecule has 0 saturated carbocycles. The molecule has 0 amide bonds. The molecule has 0 heterocycles. The highest BCUT2D eigenvalue weighted by atomic mass is 35.5. The Morgan fingerprint density at radius 1 is 1.04 bits per heavy atom. The van der Waals surface area contributed by atoms with Crippen molar-refractivity contribution >= 4 is 21.6 Å². The fourth-order valence-electron chi connectivity index (χ4n) is 2.18. The van der Waals surface area contributed by atoms with Gasteiger partial charge in [0.15, 0.2) is 0 Å². The second-order valence-corrected chi connectivity index (χ2v) is 7.34. The zero-order chi connectivity index (χ0) is 18.4. The van der Waals surface area contributed by atoms with Crippen molar-refractivity contribution in [1.29, 1.82) is 0 Å². The van der Waals surface area contributed by atoms with Crippen molar-refractivity contribution in [2.24, 2.45) is 0 Å². The lowest BCUT2D eigenvalue weighted by Gasteiger charge is -2.13. The van der Waals surface area contributed by atoms with Gasteiger partial charge in [0, 0.05) is 17.6 Å². The third-order valence-electron chi connectivity index (χ3n) is 3.45. The van der Waals surface area contributed by atoms with Gasteiger partial charge in [-0.05, 0) is 42.8 Å². The normalized spacial score (nSPS) is 11.2. The Kier molecular flexibility index (Phi) is 6.52. The van der Waals surface area contributed by atoms with E-state index >= 15 is 0 Å². The number of nitrogens with one attached hydrogen (secondary N) is 1. The molecule has 0 radical (unpaired) electrons. The molecule has 0 unspecified atom stereocenters. The Hall–Kier alpha value is -1.96. The van der Waals surface area contributed by atoms with Crippen LogP contribution in [0.5, 0.6) is 17.2 Å². The number of hydrogen-bond acceptors (Lipinski definition) is 5. The maximum absolute atomic E-state index is 12.5. The molecule has 0 bridgehead atoms. The maximum atomic E-state index is 12.5. The number of methoxy groups -OCH3 is 2. The molecule has 6 nitrogen and oxygen atoms in total. The molecule has 1 N–H and O–H groups in total. The smallest absolute Gasteiger partial charge is 0.244 e. The van der Waals surface area contributed by atoms with E-state index in [1.165, 1.54) is 20.3 Å². The Morgan fingerprint density at radius 3 is 2.40 bits per heavy atom. The van der Waals surface area contributed by atoms with Crippen LogP contribution < -0.4 is 18.9 Å². The summed E-state index contributed by atoms with van der Waals surface area (Å²) in [5.74, 6) is 1.32. The van der Waals surface area contributed by atoms with E-state index in [0.717, 1.165) is 5.56 Å². The number of rotatable bonds is 8. The van der Waals surface area contributed by atoms with Crippen LogP contribution in [0.4, 0.5) is 0 Å². The van der Waals surface area contributed by atoms with Gasteiger partial charge in [0.1, 0.15) is 28.8 Å². The quantitative estimate of drug-likeness (QED) is 0.707. The van der Waals surface area contributed by atoms with Crippen LogP contribution in [-0.4, -0.2) is 35.8 Å². The predicted octanol–water partition coefficient (Wildman–Crippen LogP) is 3.02. The Labute approximate surface area is 152 Å². The molecular weight excluding hydrogens is 366 g/mol. The first-order valence-corrected chi connectivity index (χ1v) is 9.34. The van der Waals surface area contributed by atoms with Gasteiger partial charge in [0.05, 0.1) is 14.2 Å². The van der Waals surface area contributed by atoms with Crippen LogP contribution in [0.1, 0.15) is 5.56 Å². The first kappa shape index (κ1) is 19.4. The van der Waals surface area contributed by atoms with E-state index in [1.54, 1.807) is 30.3 Å². The van der Waals surface area contributed by atoms with Gasteiger partial charge in [-0.1, -0.05) is 11.6 Å². The number of hydrogen-bond donors (Lipinski definition) is 1. The summed E-state index contributed by atoms with van der Waals surface area (Å²) in [7, 11) is -0.887. The fraction of sp³-hybridized carbons (Fsp3) is 0.294. The largest absolute Gasteiger partial charge is 0.497 e. The highest BCUT2D eigenvalue weighted by molar-refractivity contribution is 7.89. The van der Waals surface area contributed by atoms with E-state index in [-0.39, 0.29) is 23.8 Å². The number of ether oxygens (including phenoxy) is 3. The molecule has 0 fully saturated rings. The average Bonchev–Trinajstić information content (AvgIpc) is 2.59. The lowest BCUT2D eigenvalue weighted by molar-refractivity contribution is 0.320. The second-order valence-electron chi connectivity index (χ2n) is 5.17. The van der Waals surface area contributed by atoms with Gasteiger partial charge in [-0.3, -0.25) is 0 Å². The van der Waals surface area contributed by atoms with Crippen molar-refractivity contribution in [3.63, 3.8) is 0 Å². The molecule has 0 aliphatic carbocycles. The monoisotopic (exact) mass is 385 g/mol. The summed E-state index contributed by atoms with van der Waals surface area (Å²) < 4.78 is 43.2. The van der Waals surface area contributed by atoms with E-state index < -0.39 is 10.0 Å². The maximum Gasteiger partial charge on any atom is 0.244 e. The standard InChI is InChI=1S/C17H20ClNO5S/c1-12-10-13(18)4-6-15(12)24-9-8-19-25(20,21)17-11-14(22-2)5-7-16(17)23-3/h4-7,10-11,19H,8-9H2,1-3H3. The lowest BCUT2D eigenvalue weighted by atomic mass is 10.2. The molecule has 2 rings (SSSR count). The summed E-state index contributed by atoms with van der Waals surface area (Å²) >= 11 is 5.89. The minimum atomic E-state index is -3.76. The summed E-state index contributed by atoms with van der Waals surface area (Å²) in [6.07, 6.45) is 0. The summed E-state index contributed by atoms with van der Waals surface area (Å²) in [6.45, 7) is 2.14. The summed E-state index contributed by atoms with van der Waals surface area (Å²) in [5, 5.41) is 0.621. The van der Waals surface area contributed by atoms with Gasteiger partial charge in [0.25, 0.3) is 0 Å². The lowest BCUT2D eigenvalue weighted by Crippen LogP contribution is -2.28. The minimum absolute atomic E-state index is 0.0111. The van der Waals surface area contributed by atoms with E-state index in [0.29, 0.717) is 16.5 Å². The third-order valence-corrected chi connectivity index (χ3v) is 5.17. The van der Waals surface area contributed by atoms with Crippen LogP contribution in [0.15, 0.2) is 41.3 Å². The Bertz CT molecular complexity index is 839. The second kappa shape index (κ2) is 8.42. The molecule has 2 aromatic carbocycles. The first-order chi connectivity index (χ1) is 11.9. The molecule has 0 aliphatic rings. The highest BCUT2D eigenvalue weighted by Gasteiger charge is 2.20. The molecule has 0 saturated heterocycles.